The summed E-state index contributed by atoms with van der Waals surface area (Å²) in [7, 11) is 0. The van der Waals surface area contributed by atoms with Gasteiger partial charge in [0.25, 0.3) is 0 Å². The standard InChI is InChI=1S/C24H22N8O/c1-5-25-6-2-15(1)19-13-28-14-22-23(19)30-24(29-22)21-10-20(31-32-21)16-9-18(12-27-11-16)33-17-3-7-26-8-4-17/h1-2,5-6,9-14,17,26H,3-4,7-8H2,(H,29,30)(H,31,32). The predicted octanol–water partition coefficient (Wildman–Crippen LogP) is 3.60. The Bertz CT molecular complexity index is 1390. The number of fused-ring (bicyclic) bond motifs is 1. The van der Waals surface area contributed by atoms with E-state index in [0.29, 0.717) is 5.82 Å². The van der Waals surface area contributed by atoms with Crippen molar-refractivity contribution in [2.45, 2.75) is 18.9 Å². The number of nitrogens with zero attached hydrogens (tertiary/aromatic N) is 5. The number of ether oxygens (including phenoxy) is 1. The van der Waals surface area contributed by atoms with Crippen LogP contribution in [0.5, 0.6) is 5.75 Å². The molecule has 164 valence electrons. The van der Waals surface area contributed by atoms with E-state index in [4.69, 9.17) is 9.72 Å². The fraction of sp³-hybridized carbons (Fsp3) is 0.208. The third kappa shape index (κ3) is 3.94. The molecule has 3 N–H and O–H groups in total. The molecule has 9 heteroatoms. The van der Waals surface area contributed by atoms with Crippen molar-refractivity contribution in [3.63, 3.8) is 0 Å². The molecule has 33 heavy (non-hydrogen) atoms. The number of aromatic nitrogens is 7. The number of H-pyrrole nitrogens is 2. The van der Waals surface area contributed by atoms with Gasteiger partial charge in [0.15, 0.2) is 5.82 Å². The molecule has 0 spiro atoms. The normalized spacial score (nSPS) is 14.5. The second-order valence-electron chi connectivity index (χ2n) is 8.05. The lowest BCUT2D eigenvalue weighted by Gasteiger charge is -2.23. The first-order valence-electron chi connectivity index (χ1n) is 11.0. The number of pyridine rings is 3. The molecule has 6 heterocycles. The van der Waals surface area contributed by atoms with Crippen molar-refractivity contribution in [3.8, 4) is 39.7 Å². The van der Waals surface area contributed by atoms with Gasteiger partial charge < -0.3 is 15.0 Å². The van der Waals surface area contributed by atoms with Crippen LogP contribution < -0.4 is 10.1 Å². The van der Waals surface area contributed by atoms with Crippen LogP contribution >= 0.6 is 0 Å². The minimum Gasteiger partial charge on any atom is -0.489 e. The van der Waals surface area contributed by atoms with Crippen molar-refractivity contribution in [2.75, 3.05) is 13.1 Å². The minimum absolute atomic E-state index is 0.219. The molecule has 5 aromatic heterocycles. The first kappa shape index (κ1) is 19.6. The molecule has 0 amide bonds. The van der Waals surface area contributed by atoms with Gasteiger partial charge in [0.2, 0.25) is 0 Å². The predicted molar refractivity (Wildman–Crippen MR) is 124 cm³/mol. The second-order valence-corrected chi connectivity index (χ2v) is 8.05. The summed E-state index contributed by atoms with van der Waals surface area (Å²) in [6, 6.07) is 7.84. The molecule has 1 saturated heterocycles. The smallest absolute Gasteiger partial charge is 0.156 e. The topological polar surface area (TPSA) is 117 Å². The van der Waals surface area contributed by atoms with Crippen LogP contribution in [0.25, 0.3) is 44.9 Å². The number of imidazole rings is 1. The molecule has 0 unspecified atom stereocenters. The molecule has 6 rings (SSSR count). The van der Waals surface area contributed by atoms with Gasteiger partial charge in [-0.1, -0.05) is 0 Å². The number of nitrogens with one attached hydrogen (secondary N) is 3. The maximum absolute atomic E-state index is 6.13. The molecule has 0 saturated carbocycles. The Morgan fingerprint density at radius 2 is 1.73 bits per heavy atom. The van der Waals surface area contributed by atoms with Crippen LogP contribution in [0.3, 0.4) is 0 Å². The van der Waals surface area contributed by atoms with Crippen molar-refractivity contribution >= 4 is 11.0 Å². The van der Waals surface area contributed by atoms with Crippen molar-refractivity contribution in [2.24, 2.45) is 0 Å². The third-order valence-electron chi connectivity index (χ3n) is 5.82. The summed E-state index contributed by atoms with van der Waals surface area (Å²) >= 11 is 0. The van der Waals surface area contributed by atoms with Crippen LogP contribution in [0.1, 0.15) is 12.8 Å². The SMILES string of the molecule is c1cc(-c2cncc3[nH]c(-c4cc(-c5cncc(OC6CCNCC6)c5)n[nH]4)nc23)ccn1. The lowest BCUT2D eigenvalue weighted by Crippen LogP contribution is -2.34. The fourth-order valence-corrected chi connectivity index (χ4v) is 4.12. The van der Waals surface area contributed by atoms with Crippen LogP contribution in [0.15, 0.2) is 61.4 Å². The Hall–Kier alpha value is -4.11. The van der Waals surface area contributed by atoms with Gasteiger partial charge in [0, 0.05) is 35.9 Å². The lowest BCUT2D eigenvalue weighted by molar-refractivity contribution is 0.162. The average Bonchev–Trinajstić information content (AvgIpc) is 3.53. The van der Waals surface area contributed by atoms with E-state index in [1.807, 2.05) is 30.5 Å². The van der Waals surface area contributed by atoms with Crippen LogP contribution in [-0.2, 0) is 0 Å². The Labute approximate surface area is 189 Å². The van der Waals surface area contributed by atoms with Crippen molar-refractivity contribution in [1.29, 1.82) is 0 Å². The highest BCUT2D eigenvalue weighted by Crippen LogP contribution is 2.30. The molecule has 0 aromatic carbocycles. The maximum Gasteiger partial charge on any atom is 0.156 e. The quantitative estimate of drug-likeness (QED) is 0.384. The maximum atomic E-state index is 6.13. The highest BCUT2D eigenvalue weighted by atomic mass is 16.5. The molecular weight excluding hydrogens is 416 g/mol. The van der Waals surface area contributed by atoms with E-state index in [0.717, 1.165) is 70.8 Å². The van der Waals surface area contributed by atoms with Gasteiger partial charge >= 0.3 is 0 Å². The summed E-state index contributed by atoms with van der Waals surface area (Å²) in [5, 5.41) is 10.9. The Kier molecular flexibility index (Phi) is 5.00. The fourth-order valence-electron chi connectivity index (χ4n) is 4.12. The zero-order valence-electron chi connectivity index (χ0n) is 17.8. The van der Waals surface area contributed by atoms with E-state index in [-0.39, 0.29) is 6.10 Å². The zero-order chi connectivity index (χ0) is 22.0. The van der Waals surface area contributed by atoms with Gasteiger partial charge in [-0.25, -0.2) is 4.98 Å². The first-order valence-corrected chi connectivity index (χ1v) is 11.0. The molecule has 1 fully saturated rings. The van der Waals surface area contributed by atoms with E-state index < -0.39 is 0 Å². The molecule has 0 atom stereocenters. The third-order valence-corrected chi connectivity index (χ3v) is 5.82. The van der Waals surface area contributed by atoms with Gasteiger partial charge in [-0.2, -0.15) is 5.10 Å². The average molecular weight is 438 g/mol. The molecule has 0 bridgehead atoms. The monoisotopic (exact) mass is 438 g/mol. The van der Waals surface area contributed by atoms with Gasteiger partial charge in [-0.3, -0.25) is 20.1 Å². The lowest BCUT2D eigenvalue weighted by atomic mass is 10.1. The van der Waals surface area contributed by atoms with E-state index in [1.165, 1.54) is 0 Å². The van der Waals surface area contributed by atoms with Crippen molar-refractivity contribution in [1.82, 2.24) is 40.4 Å². The van der Waals surface area contributed by atoms with E-state index in [1.54, 1.807) is 31.0 Å². The van der Waals surface area contributed by atoms with Crippen LogP contribution in [0, 0.1) is 0 Å². The Morgan fingerprint density at radius 3 is 2.61 bits per heavy atom. The number of hydrogen-bond acceptors (Lipinski definition) is 7. The van der Waals surface area contributed by atoms with Gasteiger partial charge in [-0.15, -0.1) is 0 Å². The van der Waals surface area contributed by atoms with Crippen molar-refractivity contribution < 1.29 is 4.74 Å². The minimum atomic E-state index is 0.219. The van der Waals surface area contributed by atoms with Crippen LogP contribution in [-0.4, -0.2) is 54.3 Å². The molecule has 1 aliphatic heterocycles. The summed E-state index contributed by atoms with van der Waals surface area (Å²) in [6.45, 7) is 1.97. The molecule has 1 aliphatic rings. The van der Waals surface area contributed by atoms with Gasteiger partial charge in [-0.05, 0) is 55.8 Å². The second kappa shape index (κ2) is 8.44. The number of piperidine rings is 1. The van der Waals surface area contributed by atoms with E-state index in [9.17, 15) is 0 Å². The Balaban J connectivity index is 1.29. The zero-order valence-corrected chi connectivity index (χ0v) is 17.8. The summed E-state index contributed by atoms with van der Waals surface area (Å²) in [4.78, 5) is 21.0. The van der Waals surface area contributed by atoms with Gasteiger partial charge in [0.1, 0.15) is 17.5 Å². The summed E-state index contributed by atoms with van der Waals surface area (Å²) in [5.41, 5.74) is 6.12. The Morgan fingerprint density at radius 1 is 0.879 bits per heavy atom. The first-order chi connectivity index (χ1) is 16.3. The van der Waals surface area contributed by atoms with Crippen LogP contribution in [0.2, 0.25) is 0 Å². The summed E-state index contributed by atoms with van der Waals surface area (Å²) in [5.74, 6) is 1.46. The summed E-state index contributed by atoms with van der Waals surface area (Å²) < 4.78 is 6.13. The number of hydrogen-bond donors (Lipinski definition) is 3. The highest BCUT2D eigenvalue weighted by Gasteiger charge is 2.16. The highest BCUT2D eigenvalue weighted by molar-refractivity contribution is 5.92. The molecule has 9 nitrogen and oxygen atoms in total. The number of rotatable bonds is 5. The molecule has 0 aliphatic carbocycles. The number of aromatic amines is 2. The van der Waals surface area contributed by atoms with E-state index >= 15 is 0 Å². The van der Waals surface area contributed by atoms with E-state index in [2.05, 4.69) is 35.5 Å². The largest absolute Gasteiger partial charge is 0.489 e. The van der Waals surface area contributed by atoms with Gasteiger partial charge in [0.05, 0.1) is 29.1 Å². The van der Waals surface area contributed by atoms with Crippen molar-refractivity contribution in [3.05, 3.63) is 61.4 Å². The molecule has 5 aromatic rings. The molecule has 0 radical (unpaired) electrons. The summed E-state index contributed by atoms with van der Waals surface area (Å²) in [6.07, 6.45) is 12.9. The van der Waals surface area contributed by atoms with Crippen LogP contribution in [0.4, 0.5) is 0 Å². The molecular formula is C24H22N8O.